The van der Waals surface area contributed by atoms with Crippen LogP contribution < -0.4 is 5.73 Å². The molecule has 0 fully saturated rings. The fraction of sp³-hybridized carbons (Fsp3) is 0.556. The summed E-state index contributed by atoms with van der Waals surface area (Å²) in [6.45, 7) is 6.26. The van der Waals surface area contributed by atoms with Gasteiger partial charge in [0.15, 0.2) is 0 Å². The Balaban J connectivity index is 2.72. The highest BCUT2D eigenvalue weighted by Crippen LogP contribution is 2.20. The van der Waals surface area contributed by atoms with Gasteiger partial charge in [0.2, 0.25) is 0 Å². The molecule has 1 heterocycles. The second-order valence-corrected chi connectivity index (χ2v) is 4.69. The van der Waals surface area contributed by atoms with Gasteiger partial charge in [-0.3, -0.25) is 0 Å². The number of rotatable bonds is 2. The minimum Gasteiger partial charge on any atom is -0.325 e. The molecular formula is C9H15NS. The molecule has 0 bridgehead atoms. The summed E-state index contributed by atoms with van der Waals surface area (Å²) < 4.78 is 0. The Labute approximate surface area is 72.2 Å². The lowest BCUT2D eigenvalue weighted by atomic mass is 10.00. The molecule has 2 N–H and O–H groups in total. The number of aryl methyl sites for hydroxylation is 1. The Kier molecular flexibility index (Phi) is 2.35. The van der Waals surface area contributed by atoms with Crippen LogP contribution in [0.3, 0.4) is 0 Å². The fourth-order valence-electron chi connectivity index (χ4n) is 0.999. The van der Waals surface area contributed by atoms with E-state index < -0.39 is 0 Å². The van der Waals surface area contributed by atoms with Crippen LogP contribution in [0, 0.1) is 6.92 Å². The van der Waals surface area contributed by atoms with E-state index in [4.69, 9.17) is 5.73 Å². The van der Waals surface area contributed by atoms with Crippen molar-refractivity contribution < 1.29 is 0 Å². The van der Waals surface area contributed by atoms with Gasteiger partial charge in [-0.25, -0.2) is 0 Å². The summed E-state index contributed by atoms with van der Waals surface area (Å²) >= 11 is 1.80. The highest BCUT2D eigenvalue weighted by atomic mass is 32.1. The van der Waals surface area contributed by atoms with Gasteiger partial charge in [0.1, 0.15) is 0 Å². The SMILES string of the molecule is Cc1ccsc1CC(C)(C)N. The van der Waals surface area contributed by atoms with Crippen LogP contribution in [0.1, 0.15) is 24.3 Å². The number of thiophene rings is 1. The van der Waals surface area contributed by atoms with Gasteiger partial charge in [-0.05, 0) is 44.2 Å². The smallest absolute Gasteiger partial charge is 0.0145 e. The van der Waals surface area contributed by atoms with Crippen LogP contribution in [0.2, 0.25) is 0 Å². The molecule has 62 valence electrons. The summed E-state index contributed by atoms with van der Waals surface area (Å²) in [5.74, 6) is 0. The normalized spacial score (nSPS) is 12.0. The summed E-state index contributed by atoms with van der Waals surface area (Å²) in [5.41, 5.74) is 7.20. The minimum absolute atomic E-state index is 0.0738. The maximum absolute atomic E-state index is 5.90. The van der Waals surface area contributed by atoms with E-state index in [0.29, 0.717) is 0 Å². The third kappa shape index (κ3) is 2.64. The molecule has 0 unspecified atom stereocenters. The summed E-state index contributed by atoms with van der Waals surface area (Å²) in [6, 6.07) is 2.14. The van der Waals surface area contributed by atoms with Gasteiger partial charge in [-0.2, -0.15) is 0 Å². The summed E-state index contributed by atoms with van der Waals surface area (Å²) in [6.07, 6.45) is 0.983. The minimum atomic E-state index is -0.0738. The summed E-state index contributed by atoms with van der Waals surface area (Å²) in [7, 11) is 0. The van der Waals surface area contributed by atoms with Crippen LogP contribution in [-0.4, -0.2) is 5.54 Å². The molecule has 0 aliphatic rings. The molecular weight excluding hydrogens is 154 g/mol. The average molecular weight is 169 g/mol. The first-order valence-electron chi connectivity index (χ1n) is 3.81. The van der Waals surface area contributed by atoms with E-state index >= 15 is 0 Å². The quantitative estimate of drug-likeness (QED) is 0.722. The van der Waals surface area contributed by atoms with E-state index in [2.05, 4.69) is 32.2 Å². The van der Waals surface area contributed by atoms with E-state index in [-0.39, 0.29) is 5.54 Å². The second kappa shape index (κ2) is 2.95. The van der Waals surface area contributed by atoms with E-state index in [9.17, 15) is 0 Å². The molecule has 0 atom stereocenters. The van der Waals surface area contributed by atoms with E-state index in [1.807, 2.05) is 0 Å². The first kappa shape index (κ1) is 8.75. The molecule has 0 aromatic carbocycles. The van der Waals surface area contributed by atoms with Crippen molar-refractivity contribution in [2.24, 2.45) is 5.73 Å². The van der Waals surface area contributed by atoms with E-state index in [1.165, 1.54) is 10.4 Å². The van der Waals surface area contributed by atoms with Crippen molar-refractivity contribution in [2.45, 2.75) is 32.7 Å². The van der Waals surface area contributed by atoms with Gasteiger partial charge in [-0.15, -0.1) is 11.3 Å². The Morgan fingerprint density at radius 3 is 2.55 bits per heavy atom. The summed E-state index contributed by atoms with van der Waals surface area (Å²) in [5, 5.41) is 2.12. The molecule has 1 aromatic rings. The highest BCUT2D eigenvalue weighted by Gasteiger charge is 2.13. The zero-order valence-electron chi connectivity index (χ0n) is 7.35. The van der Waals surface area contributed by atoms with Crippen molar-refractivity contribution in [1.29, 1.82) is 0 Å². The first-order valence-corrected chi connectivity index (χ1v) is 4.69. The van der Waals surface area contributed by atoms with Crippen LogP contribution >= 0.6 is 11.3 Å². The number of hydrogen-bond donors (Lipinski definition) is 1. The Morgan fingerprint density at radius 2 is 2.18 bits per heavy atom. The molecule has 0 amide bonds. The van der Waals surface area contributed by atoms with Crippen molar-refractivity contribution in [2.75, 3.05) is 0 Å². The van der Waals surface area contributed by atoms with E-state index in [1.54, 1.807) is 11.3 Å². The first-order chi connectivity index (χ1) is 4.99. The van der Waals surface area contributed by atoms with Gasteiger partial charge in [0, 0.05) is 10.4 Å². The van der Waals surface area contributed by atoms with Crippen molar-refractivity contribution in [3.05, 3.63) is 21.9 Å². The largest absolute Gasteiger partial charge is 0.325 e. The molecule has 0 aliphatic carbocycles. The van der Waals surface area contributed by atoms with Crippen molar-refractivity contribution in [3.63, 3.8) is 0 Å². The third-order valence-corrected chi connectivity index (χ3v) is 2.61. The molecule has 1 nitrogen and oxygen atoms in total. The molecule has 1 rings (SSSR count). The zero-order valence-corrected chi connectivity index (χ0v) is 8.16. The zero-order chi connectivity index (χ0) is 8.48. The summed E-state index contributed by atoms with van der Waals surface area (Å²) in [4.78, 5) is 1.41. The lowest BCUT2D eigenvalue weighted by Gasteiger charge is -2.17. The predicted octanol–water partition coefficient (Wildman–Crippen LogP) is 2.34. The number of nitrogens with two attached hydrogens (primary N) is 1. The molecule has 2 heteroatoms. The standard InChI is InChI=1S/C9H15NS/c1-7-4-5-11-8(7)6-9(2,3)10/h4-5H,6,10H2,1-3H3. The third-order valence-electron chi connectivity index (χ3n) is 1.58. The van der Waals surface area contributed by atoms with Gasteiger partial charge in [0.05, 0.1) is 0 Å². The topological polar surface area (TPSA) is 26.0 Å². The van der Waals surface area contributed by atoms with Crippen LogP contribution in [0.15, 0.2) is 11.4 Å². The van der Waals surface area contributed by atoms with Gasteiger partial charge in [0.25, 0.3) is 0 Å². The van der Waals surface area contributed by atoms with Crippen LogP contribution in [0.5, 0.6) is 0 Å². The van der Waals surface area contributed by atoms with Crippen molar-refractivity contribution in [1.82, 2.24) is 0 Å². The predicted molar refractivity (Wildman–Crippen MR) is 51.0 cm³/mol. The van der Waals surface area contributed by atoms with Crippen LogP contribution in [0.4, 0.5) is 0 Å². The molecule has 11 heavy (non-hydrogen) atoms. The van der Waals surface area contributed by atoms with Gasteiger partial charge in [-0.1, -0.05) is 0 Å². The lowest BCUT2D eigenvalue weighted by Crippen LogP contribution is -2.34. The average Bonchev–Trinajstić information content (AvgIpc) is 2.12. The molecule has 0 aliphatic heterocycles. The van der Waals surface area contributed by atoms with Crippen molar-refractivity contribution >= 4 is 11.3 Å². The molecule has 0 saturated carbocycles. The fourth-order valence-corrected chi connectivity index (χ4v) is 2.14. The Hall–Kier alpha value is -0.340. The highest BCUT2D eigenvalue weighted by molar-refractivity contribution is 7.10. The maximum atomic E-state index is 5.90. The molecule has 0 radical (unpaired) electrons. The van der Waals surface area contributed by atoms with Gasteiger partial charge >= 0.3 is 0 Å². The maximum Gasteiger partial charge on any atom is 0.0145 e. The molecule has 0 saturated heterocycles. The van der Waals surface area contributed by atoms with Crippen LogP contribution in [0.25, 0.3) is 0 Å². The second-order valence-electron chi connectivity index (χ2n) is 3.69. The number of hydrogen-bond acceptors (Lipinski definition) is 2. The van der Waals surface area contributed by atoms with E-state index in [0.717, 1.165) is 6.42 Å². The molecule has 0 spiro atoms. The Morgan fingerprint density at radius 1 is 1.55 bits per heavy atom. The van der Waals surface area contributed by atoms with Crippen LogP contribution in [-0.2, 0) is 6.42 Å². The molecule has 1 aromatic heterocycles. The Bertz CT molecular complexity index is 232. The van der Waals surface area contributed by atoms with Gasteiger partial charge < -0.3 is 5.73 Å². The van der Waals surface area contributed by atoms with Crippen molar-refractivity contribution in [3.8, 4) is 0 Å². The lowest BCUT2D eigenvalue weighted by molar-refractivity contribution is 0.520. The monoisotopic (exact) mass is 169 g/mol.